The average Bonchev–Trinajstić information content (AvgIpc) is 2.78. The molecule has 0 amide bonds. The van der Waals surface area contributed by atoms with Gasteiger partial charge in [-0.25, -0.2) is 0 Å². The minimum absolute atomic E-state index is 3.39. The first-order valence-corrected chi connectivity index (χ1v) is 20.3. The fourth-order valence-corrected chi connectivity index (χ4v) is 14.9. The molecular formula is C13H22F18O12S6. The first-order valence-electron chi connectivity index (χ1n) is 10.7. The van der Waals surface area contributed by atoms with E-state index in [-0.39, 0.29) is 0 Å². The van der Waals surface area contributed by atoms with Crippen LogP contribution in [-0.4, -0.2) is 101 Å². The SMILES string of the molecule is OS(O)(C(CC(CC(S(O)(O)C(F)(F)F)S(O)(O)C(F)(F)F)CC(S(O)(O)C(F)(F)F)S(O)(O)C(F)(F)F)S(O)(O)C(F)(F)F)C(F)(F)F. The second-order valence-electron chi connectivity index (χ2n) is 9.09. The summed E-state index contributed by atoms with van der Waals surface area (Å²) < 4.78 is 341. The van der Waals surface area contributed by atoms with Gasteiger partial charge in [0.15, 0.2) is 13.7 Å². The van der Waals surface area contributed by atoms with E-state index in [2.05, 4.69) is 0 Å². The predicted molar refractivity (Wildman–Crippen MR) is 142 cm³/mol. The highest BCUT2D eigenvalue weighted by Crippen LogP contribution is 2.80. The molecule has 0 spiro atoms. The van der Waals surface area contributed by atoms with Crippen molar-refractivity contribution in [3.63, 3.8) is 0 Å². The third-order valence-corrected chi connectivity index (χ3v) is 20.3. The van der Waals surface area contributed by atoms with E-state index >= 15 is 0 Å². The highest BCUT2D eigenvalue weighted by molar-refractivity contribution is 8.42. The zero-order chi connectivity index (χ0) is 40.4. The molecule has 0 aromatic rings. The van der Waals surface area contributed by atoms with Crippen LogP contribution < -0.4 is 0 Å². The van der Waals surface area contributed by atoms with Gasteiger partial charge in [0.05, 0.1) is 0 Å². The molecule has 0 bridgehead atoms. The van der Waals surface area contributed by atoms with Crippen molar-refractivity contribution in [2.75, 3.05) is 0 Å². The van der Waals surface area contributed by atoms with Crippen LogP contribution >= 0.6 is 63.5 Å². The summed E-state index contributed by atoms with van der Waals surface area (Å²) in [7, 11) is -45.3. The van der Waals surface area contributed by atoms with Crippen LogP contribution in [0.5, 0.6) is 0 Å². The maximum Gasteiger partial charge on any atom is 0.498 e. The van der Waals surface area contributed by atoms with E-state index in [0.717, 1.165) is 0 Å². The van der Waals surface area contributed by atoms with Crippen molar-refractivity contribution >= 4 is 63.5 Å². The van der Waals surface area contributed by atoms with Gasteiger partial charge in [-0.1, -0.05) is 63.5 Å². The molecule has 12 N–H and O–H groups in total. The molecule has 0 aliphatic carbocycles. The second kappa shape index (κ2) is 14.2. The molecule has 0 unspecified atom stereocenters. The lowest BCUT2D eigenvalue weighted by atomic mass is 10.00. The van der Waals surface area contributed by atoms with E-state index in [4.69, 9.17) is 0 Å². The maximum absolute atomic E-state index is 13.4. The Hall–Kier alpha value is 0.360. The predicted octanol–water partition coefficient (Wildman–Crippen LogP) is 11.4. The van der Waals surface area contributed by atoms with Gasteiger partial charge in [0.1, 0.15) is 0 Å². The number of alkyl halides is 18. The van der Waals surface area contributed by atoms with Gasteiger partial charge in [-0.15, -0.1) is 0 Å². The normalized spacial score (nSPS) is 18.5. The summed E-state index contributed by atoms with van der Waals surface area (Å²) in [5, 5.41) is 0. The van der Waals surface area contributed by atoms with Gasteiger partial charge in [0.2, 0.25) is 0 Å². The monoisotopic (exact) mass is 904 g/mol. The molecule has 0 aromatic carbocycles. The second-order valence-corrected chi connectivity index (χ2v) is 23.3. The average molecular weight is 905 g/mol. The van der Waals surface area contributed by atoms with Crippen LogP contribution in [0.3, 0.4) is 0 Å². The smallest absolute Gasteiger partial charge is 0.291 e. The van der Waals surface area contributed by atoms with E-state index in [1.54, 1.807) is 0 Å². The van der Waals surface area contributed by atoms with Crippen molar-refractivity contribution in [1.82, 2.24) is 0 Å². The lowest BCUT2D eigenvalue weighted by Crippen LogP contribution is -2.44. The Morgan fingerprint density at radius 1 is 0.265 bits per heavy atom. The summed E-state index contributed by atoms with van der Waals surface area (Å²) in [6.07, 6.45) is -10.2. The Labute approximate surface area is 268 Å². The maximum atomic E-state index is 13.4. The van der Waals surface area contributed by atoms with Crippen molar-refractivity contribution in [3.05, 3.63) is 0 Å². The lowest BCUT2D eigenvalue weighted by molar-refractivity contribution is -0.0584. The van der Waals surface area contributed by atoms with Gasteiger partial charge in [-0.3, -0.25) is 54.6 Å². The van der Waals surface area contributed by atoms with E-state index in [1.807, 2.05) is 0 Å². The molecule has 0 atom stereocenters. The Morgan fingerprint density at radius 2 is 0.367 bits per heavy atom. The Bertz CT molecular complexity index is 918. The first kappa shape index (κ1) is 49.4. The molecule has 0 radical (unpaired) electrons. The molecule has 0 aliphatic rings. The van der Waals surface area contributed by atoms with Gasteiger partial charge in [-0.05, 0) is 25.2 Å². The standard InChI is InChI=1S/C13H22F18O12S6/c14-8(15,16)44(32,33)5(45(34,35)9(17,18)19)1-4(2-6(46(36,37)10(20,21)22)47(38,39)11(23,24)25)3-7(48(40,41)12(26,27)28)49(42,43)13(29,30)31/h4-7,32-43H,1-3H2. The summed E-state index contributed by atoms with van der Waals surface area (Å²) in [6.45, 7) is 0. The van der Waals surface area contributed by atoms with Gasteiger partial charge in [0, 0.05) is 0 Å². The highest BCUT2D eigenvalue weighted by Gasteiger charge is 2.67. The molecule has 0 rings (SSSR count). The van der Waals surface area contributed by atoms with Crippen molar-refractivity contribution < 1.29 is 134 Å². The van der Waals surface area contributed by atoms with Crippen LogP contribution in [-0.2, 0) is 0 Å². The molecule has 0 aliphatic heterocycles. The molecule has 0 saturated heterocycles. The van der Waals surface area contributed by atoms with Gasteiger partial charge in [0.25, 0.3) is 0 Å². The van der Waals surface area contributed by atoms with E-state index < -0.39 is 136 Å². The third-order valence-electron chi connectivity index (χ3n) is 5.82. The quantitative estimate of drug-likeness (QED) is 0.0819. The fraction of sp³-hybridized carbons (Fsp3) is 1.00. The van der Waals surface area contributed by atoms with Gasteiger partial charge >= 0.3 is 33.0 Å². The molecule has 0 fully saturated rings. The van der Waals surface area contributed by atoms with Crippen molar-refractivity contribution in [2.24, 2.45) is 5.92 Å². The van der Waals surface area contributed by atoms with Gasteiger partial charge in [-0.2, -0.15) is 79.0 Å². The summed E-state index contributed by atoms with van der Waals surface area (Å²) in [5.74, 6) is -4.19. The van der Waals surface area contributed by atoms with Crippen molar-refractivity contribution in [2.45, 2.75) is 66.1 Å². The zero-order valence-corrected chi connectivity index (χ0v) is 26.9. The van der Waals surface area contributed by atoms with Gasteiger partial charge < -0.3 is 0 Å². The Kier molecular flexibility index (Phi) is 14.3. The van der Waals surface area contributed by atoms with E-state index in [0.29, 0.717) is 0 Å². The number of hydrogen-bond donors (Lipinski definition) is 12. The third kappa shape index (κ3) is 9.92. The Balaban J connectivity index is 8.33. The molecule has 36 heteroatoms. The summed E-state index contributed by atoms with van der Waals surface area (Å²) in [5.41, 5.74) is -42.1. The van der Waals surface area contributed by atoms with Crippen LogP contribution in [0.4, 0.5) is 79.0 Å². The largest absolute Gasteiger partial charge is 0.498 e. The summed E-state index contributed by atoms with van der Waals surface area (Å²) in [6, 6.07) is 0. The minimum atomic E-state index is -7.55. The number of halogens is 18. The van der Waals surface area contributed by atoms with Crippen LogP contribution in [0.25, 0.3) is 0 Å². The number of rotatable bonds is 12. The molecule has 0 aromatic heterocycles. The minimum Gasteiger partial charge on any atom is -0.291 e. The highest BCUT2D eigenvalue weighted by atomic mass is 32.3. The van der Waals surface area contributed by atoms with Crippen molar-refractivity contribution in [3.8, 4) is 0 Å². The van der Waals surface area contributed by atoms with Crippen LogP contribution in [0.2, 0.25) is 0 Å². The van der Waals surface area contributed by atoms with Crippen LogP contribution in [0, 0.1) is 5.92 Å². The molecule has 0 heterocycles. The topological polar surface area (TPSA) is 243 Å². The lowest BCUT2D eigenvalue weighted by Gasteiger charge is -2.55. The van der Waals surface area contributed by atoms with E-state index in [9.17, 15) is 134 Å². The summed E-state index contributed by atoms with van der Waals surface area (Å²) in [4.78, 5) is 0. The fourth-order valence-electron chi connectivity index (χ4n) is 3.37. The number of hydrogen-bond acceptors (Lipinski definition) is 12. The zero-order valence-electron chi connectivity index (χ0n) is 22.1. The molecule has 308 valence electrons. The molecule has 12 nitrogen and oxygen atoms in total. The van der Waals surface area contributed by atoms with E-state index in [1.165, 1.54) is 0 Å². The molecular weight excluding hydrogens is 882 g/mol. The van der Waals surface area contributed by atoms with Crippen LogP contribution in [0.1, 0.15) is 19.3 Å². The van der Waals surface area contributed by atoms with Crippen molar-refractivity contribution in [1.29, 1.82) is 0 Å². The van der Waals surface area contributed by atoms with Crippen LogP contribution in [0.15, 0.2) is 0 Å². The summed E-state index contributed by atoms with van der Waals surface area (Å²) >= 11 is 0. The Morgan fingerprint density at radius 3 is 0.449 bits per heavy atom. The molecule has 49 heavy (non-hydrogen) atoms. The first-order chi connectivity index (χ1) is 20.7. The molecule has 0 saturated carbocycles.